The van der Waals surface area contributed by atoms with Crippen LogP contribution in [0.1, 0.15) is 53.3 Å². The van der Waals surface area contributed by atoms with Gasteiger partial charge < -0.3 is 14.2 Å². The van der Waals surface area contributed by atoms with Crippen LogP contribution in [0.4, 0.5) is 0 Å². The molecule has 0 amide bonds. The summed E-state index contributed by atoms with van der Waals surface area (Å²) in [5.41, 5.74) is 10.0. The molecule has 0 heterocycles. The molecule has 2 atom stereocenters. The molecule has 4 nitrogen and oxygen atoms in total. The molecule has 0 saturated heterocycles. The highest BCUT2D eigenvalue weighted by Gasteiger charge is 2.29. The first-order chi connectivity index (χ1) is 19.7. The molecule has 0 aliphatic heterocycles. The summed E-state index contributed by atoms with van der Waals surface area (Å²) in [6, 6.07) is 34.5. The highest BCUT2D eigenvalue weighted by molar-refractivity contribution is 5.78. The summed E-state index contributed by atoms with van der Waals surface area (Å²) < 4.78 is 17.4. The van der Waals surface area contributed by atoms with E-state index in [1.54, 1.807) is 0 Å². The molecular weight excluding hydrogens is 496 g/mol. The Morgan fingerprint density at radius 2 is 1.32 bits per heavy atom. The maximum absolute atomic E-state index is 12.2. The van der Waals surface area contributed by atoms with Crippen molar-refractivity contribution in [3.8, 4) is 11.1 Å². The van der Waals surface area contributed by atoms with Crippen molar-refractivity contribution >= 4 is 5.97 Å². The van der Waals surface area contributed by atoms with Gasteiger partial charge in [-0.1, -0.05) is 97.1 Å². The van der Waals surface area contributed by atoms with Crippen molar-refractivity contribution in [2.45, 2.75) is 51.7 Å². The molecule has 4 aromatic rings. The van der Waals surface area contributed by atoms with Gasteiger partial charge in [-0.3, -0.25) is 0 Å². The third kappa shape index (κ3) is 6.70. The number of benzene rings is 4. The Bertz CT molecular complexity index is 1390. The fraction of sp³-hybridized carbons (Fsp3) is 0.306. The summed E-state index contributed by atoms with van der Waals surface area (Å²) in [6.07, 6.45) is 2.73. The van der Waals surface area contributed by atoms with Gasteiger partial charge >= 0.3 is 5.97 Å². The number of carbonyl (C=O) groups excluding carboxylic acids is 1. The minimum absolute atomic E-state index is 0.0568. The Hall–Kier alpha value is -3.73. The summed E-state index contributed by atoms with van der Waals surface area (Å²) >= 11 is 0. The van der Waals surface area contributed by atoms with Gasteiger partial charge in [0.2, 0.25) is 0 Å². The Labute approximate surface area is 237 Å². The van der Waals surface area contributed by atoms with Crippen LogP contribution in [0.15, 0.2) is 97.1 Å². The maximum atomic E-state index is 12.2. The molecule has 1 aliphatic rings. The van der Waals surface area contributed by atoms with Crippen molar-refractivity contribution in [2.24, 2.45) is 0 Å². The van der Waals surface area contributed by atoms with E-state index in [9.17, 15) is 4.79 Å². The zero-order valence-corrected chi connectivity index (χ0v) is 23.5. The molecule has 4 heteroatoms. The third-order valence-corrected chi connectivity index (χ3v) is 7.51. The molecule has 206 valence electrons. The van der Waals surface area contributed by atoms with Gasteiger partial charge in [-0.2, -0.15) is 0 Å². The van der Waals surface area contributed by atoms with Gasteiger partial charge in [-0.15, -0.1) is 0 Å². The molecule has 0 bridgehead atoms. The van der Waals surface area contributed by atoms with E-state index in [1.807, 2.05) is 13.8 Å². The second-order valence-electron chi connectivity index (χ2n) is 10.2. The lowest BCUT2D eigenvalue weighted by Crippen LogP contribution is -2.29. The van der Waals surface area contributed by atoms with Gasteiger partial charge in [0, 0.05) is 13.0 Å². The third-order valence-electron chi connectivity index (χ3n) is 7.51. The van der Waals surface area contributed by atoms with Crippen LogP contribution in [0.25, 0.3) is 11.1 Å². The van der Waals surface area contributed by atoms with E-state index in [4.69, 9.17) is 14.2 Å². The van der Waals surface area contributed by atoms with Crippen LogP contribution >= 0.6 is 0 Å². The largest absolute Gasteiger partial charge is 0.464 e. The number of hydrogen-bond donors (Lipinski definition) is 0. The van der Waals surface area contributed by atoms with Crippen molar-refractivity contribution in [1.29, 1.82) is 0 Å². The Balaban J connectivity index is 1.23. The van der Waals surface area contributed by atoms with Gasteiger partial charge in [0.1, 0.15) is 6.10 Å². The average Bonchev–Trinajstić information content (AvgIpc) is 3.30. The molecule has 0 saturated carbocycles. The smallest absolute Gasteiger partial charge is 0.335 e. The highest BCUT2D eigenvalue weighted by atomic mass is 16.6. The van der Waals surface area contributed by atoms with Crippen LogP contribution in [0.3, 0.4) is 0 Å². The highest BCUT2D eigenvalue weighted by Crippen LogP contribution is 2.45. The quantitative estimate of drug-likeness (QED) is 0.169. The van der Waals surface area contributed by atoms with Crippen molar-refractivity contribution in [3.63, 3.8) is 0 Å². The minimum Gasteiger partial charge on any atom is -0.464 e. The number of fused-ring (bicyclic) bond motifs is 3. The standard InChI is InChI=1S/C36H38O4/c1-3-38-34(36(37)39-4-2)25-29-18-15-27(16-19-29)22-23-40-35-32-13-9-8-12-30(32)31-21-20-28(24-33(31)35)17-14-26-10-6-5-7-11-26/h5-13,15-16,18-21,24,34-35H,3-4,14,17,22-23,25H2,1-2H3. The Morgan fingerprint density at radius 1 is 0.675 bits per heavy atom. The number of esters is 1. The number of carbonyl (C=O) groups is 1. The van der Waals surface area contributed by atoms with E-state index in [1.165, 1.54) is 38.9 Å². The maximum Gasteiger partial charge on any atom is 0.335 e. The van der Waals surface area contributed by atoms with E-state index in [2.05, 4.69) is 97.1 Å². The predicted octanol–water partition coefficient (Wildman–Crippen LogP) is 7.31. The van der Waals surface area contributed by atoms with Crippen LogP contribution in [0.2, 0.25) is 0 Å². The molecule has 5 rings (SSSR count). The van der Waals surface area contributed by atoms with E-state index in [0.29, 0.717) is 26.2 Å². The first-order valence-electron chi connectivity index (χ1n) is 14.4. The van der Waals surface area contributed by atoms with Crippen molar-refractivity contribution in [1.82, 2.24) is 0 Å². The monoisotopic (exact) mass is 534 g/mol. The lowest BCUT2D eigenvalue weighted by atomic mass is 9.99. The van der Waals surface area contributed by atoms with Crippen molar-refractivity contribution in [2.75, 3.05) is 19.8 Å². The summed E-state index contributed by atoms with van der Waals surface area (Å²) in [7, 11) is 0. The molecule has 0 spiro atoms. The summed E-state index contributed by atoms with van der Waals surface area (Å²) in [4.78, 5) is 12.2. The number of rotatable bonds is 13. The summed E-state index contributed by atoms with van der Waals surface area (Å²) in [5, 5.41) is 0. The van der Waals surface area contributed by atoms with Crippen LogP contribution in [0, 0.1) is 0 Å². The topological polar surface area (TPSA) is 44.8 Å². The average molecular weight is 535 g/mol. The minimum atomic E-state index is -0.570. The molecule has 2 unspecified atom stereocenters. The summed E-state index contributed by atoms with van der Waals surface area (Å²) in [5.74, 6) is -0.304. The molecule has 40 heavy (non-hydrogen) atoms. The number of hydrogen-bond acceptors (Lipinski definition) is 4. The lowest BCUT2D eigenvalue weighted by Gasteiger charge is -2.17. The fourth-order valence-electron chi connectivity index (χ4n) is 5.48. The van der Waals surface area contributed by atoms with E-state index in [0.717, 1.165) is 24.8 Å². The second kappa shape index (κ2) is 13.6. The van der Waals surface area contributed by atoms with Crippen LogP contribution in [-0.2, 0) is 44.7 Å². The normalized spacial score (nSPS) is 14.4. The zero-order valence-electron chi connectivity index (χ0n) is 23.5. The summed E-state index contributed by atoms with van der Waals surface area (Å²) in [6.45, 7) is 5.15. The lowest BCUT2D eigenvalue weighted by molar-refractivity contribution is -0.156. The predicted molar refractivity (Wildman–Crippen MR) is 159 cm³/mol. The van der Waals surface area contributed by atoms with Crippen LogP contribution in [-0.4, -0.2) is 31.9 Å². The van der Waals surface area contributed by atoms with Gasteiger partial charge in [0.05, 0.1) is 13.2 Å². The van der Waals surface area contributed by atoms with Crippen molar-refractivity contribution < 1.29 is 19.0 Å². The van der Waals surface area contributed by atoms with Gasteiger partial charge in [0.15, 0.2) is 6.10 Å². The van der Waals surface area contributed by atoms with E-state index < -0.39 is 6.10 Å². The van der Waals surface area contributed by atoms with Gasteiger partial charge in [-0.05, 0) is 77.6 Å². The number of aryl methyl sites for hydroxylation is 2. The molecule has 1 aliphatic carbocycles. The molecule has 0 N–H and O–H groups in total. The molecule has 4 aromatic carbocycles. The molecular formula is C36H38O4. The first kappa shape index (κ1) is 27.8. The first-order valence-corrected chi connectivity index (χ1v) is 14.4. The SMILES string of the molecule is CCOC(=O)C(Cc1ccc(CCOC2c3ccccc3-c3ccc(CCc4ccccc4)cc32)cc1)OCC. The Kier molecular flexibility index (Phi) is 9.43. The molecule has 0 fully saturated rings. The molecule has 0 aromatic heterocycles. The fourth-order valence-corrected chi connectivity index (χ4v) is 5.48. The van der Waals surface area contributed by atoms with Gasteiger partial charge in [0.25, 0.3) is 0 Å². The van der Waals surface area contributed by atoms with Crippen LogP contribution in [0.5, 0.6) is 0 Å². The molecule has 0 radical (unpaired) electrons. The number of ether oxygens (including phenoxy) is 3. The van der Waals surface area contributed by atoms with Gasteiger partial charge in [-0.25, -0.2) is 4.79 Å². The zero-order chi connectivity index (χ0) is 27.7. The Morgan fingerprint density at radius 3 is 2.10 bits per heavy atom. The van der Waals surface area contributed by atoms with E-state index >= 15 is 0 Å². The van der Waals surface area contributed by atoms with Crippen LogP contribution < -0.4 is 0 Å². The second-order valence-corrected chi connectivity index (χ2v) is 10.2. The van der Waals surface area contributed by atoms with Crippen molar-refractivity contribution in [3.05, 3.63) is 130 Å². The van der Waals surface area contributed by atoms with E-state index in [-0.39, 0.29) is 12.1 Å².